The molecule has 1 aliphatic rings. The third-order valence-electron chi connectivity index (χ3n) is 4.56. The molecule has 2 rings (SSSR count). The highest BCUT2D eigenvalue weighted by Gasteiger charge is 2.23. The number of carbonyl (C=O) groups is 2. The third kappa shape index (κ3) is 6.05. The summed E-state index contributed by atoms with van der Waals surface area (Å²) in [4.78, 5) is 37.3. The molecule has 7 heteroatoms. The molecule has 1 fully saturated rings. The summed E-state index contributed by atoms with van der Waals surface area (Å²) in [6.07, 6.45) is 4.25. The van der Waals surface area contributed by atoms with Crippen LogP contribution in [0, 0.1) is 13.8 Å². The van der Waals surface area contributed by atoms with Crippen molar-refractivity contribution in [3.63, 3.8) is 0 Å². The number of rotatable bonds is 7. The van der Waals surface area contributed by atoms with Gasteiger partial charge in [-0.2, -0.15) is 0 Å². The second kappa shape index (κ2) is 10.2. The van der Waals surface area contributed by atoms with E-state index >= 15 is 0 Å². The zero-order valence-electron chi connectivity index (χ0n) is 16.2. The van der Waals surface area contributed by atoms with Crippen molar-refractivity contribution in [2.75, 3.05) is 39.9 Å². The third-order valence-corrected chi connectivity index (χ3v) is 4.56. The Bertz CT molecular complexity index is 601. The molecule has 0 saturated carbocycles. The average molecular weight is 362 g/mol. The number of methoxy groups -OCH3 is 1. The number of aryl methyl sites for hydroxylation is 2. The Hall–Kier alpha value is -2.02. The molecule has 0 radical (unpaired) electrons. The number of ether oxygens (including phenoxy) is 1. The van der Waals surface area contributed by atoms with Crippen molar-refractivity contribution in [1.29, 1.82) is 0 Å². The van der Waals surface area contributed by atoms with Gasteiger partial charge in [-0.05, 0) is 39.2 Å². The predicted molar refractivity (Wildman–Crippen MR) is 99.0 cm³/mol. The Balaban J connectivity index is 1.85. The Morgan fingerprint density at radius 2 is 1.77 bits per heavy atom. The van der Waals surface area contributed by atoms with Crippen LogP contribution in [-0.2, 0) is 9.53 Å². The molecule has 0 aliphatic carbocycles. The standard InChI is InChI=1S/C19H30N4O3/c1-15-14-17(21-16(2)20-15)19(25)23-10-7-9-22(11-12-23)18(24)8-5-4-6-13-26-3/h14H,4-13H2,1-3H3. The van der Waals surface area contributed by atoms with Crippen LogP contribution in [0.3, 0.4) is 0 Å². The maximum Gasteiger partial charge on any atom is 0.272 e. The largest absolute Gasteiger partial charge is 0.385 e. The van der Waals surface area contributed by atoms with Crippen LogP contribution < -0.4 is 0 Å². The number of hydrogen-bond acceptors (Lipinski definition) is 5. The van der Waals surface area contributed by atoms with Crippen LogP contribution in [0.5, 0.6) is 0 Å². The van der Waals surface area contributed by atoms with Gasteiger partial charge in [0.15, 0.2) is 0 Å². The van der Waals surface area contributed by atoms with Crippen LogP contribution in [0.15, 0.2) is 6.07 Å². The fourth-order valence-corrected chi connectivity index (χ4v) is 3.22. The number of unbranched alkanes of at least 4 members (excludes halogenated alkanes) is 2. The Labute approximate surface area is 155 Å². The zero-order valence-corrected chi connectivity index (χ0v) is 16.2. The lowest BCUT2D eigenvalue weighted by Gasteiger charge is -2.22. The Morgan fingerprint density at radius 3 is 2.50 bits per heavy atom. The fraction of sp³-hybridized carbons (Fsp3) is 0.684. The molecule has 144 valence electrons. The lowest BCUT2D eigenvalue weighted by atomic mass is 10.2. The molecule has 1 aromatic rings. The molecule has 0 bridgehead atoms. The van der Waals surface area contributed by atoms with Crippen LogP contribution in [0.4, 0.5) is 0 Å². The molecular formula is C19H30N4O3. The summed E-state index contributed by atoms with van der Waals surface area (Å²) in [7, 11) is 1.69. The highest BCUT2D eigenvalue weighted by atomic mass is 16.5. The van der Waals surface area contributed by atoms with Crippen LogP contribution in [0.1, 0.15) is 54.1 Å². The topological polar surface area (TPSA) is 75.6 Å². The lowest BCUT2D eigenvalue weighted by molar-refractivity contribution is -0.131. The van der Waals surface area contributed by atoms with Crippen molar-refractivity contribution in [2.45, 2.75) is 46.0 Å². The van der Waals surface area contributed by atoms with Crippen molar-refractivity contribution >= 4 is 11.8 Å². The first-order valence-electron chi connectivity index (χ1n) is 9.39. The molecular weight excluding hydrogens is 332 g/mol. The summed E-state index contributed by atoms with van der Waals surface area (Å²) in [5.74, 6) is 0.714. The van der Waals surface area contributed by atoms with E-state index in [4.69, 9.17) is 4.74 Å². The van der Waals surface area contributed by atoms with Crippen molar-refractivity contribution in [2.24, 2.45) is 0 Å². The molecule has 0 unspecified atom stereocenters. The van der Waals surface area contributed by atoms with E-state index < -0.39 is 0 Å². The first-order chi connectivity index (χ1) is 12.5. The van der Waals surface area contributed by atoms with E-state index in [2.05, 4.69) is 9.97 Å². The van der Waals surface area contributed by atoms with Crippen molar-refractivity contribution in [3.05, 3.63) is 23.3 Å². The summed E-state index contributed by atoms with van der Waals surface area (Å²) in [5, 5.41) is 0. The molecule has 2 amide bonds. The van der Waals surface area contributed by atoms with Gasteiger partial charge in [0.25, 0.3) is 5.91 Å². The second-order valence-electron chi connectivity index (χ2n) is 6.77. The van der Waals surface area contributed by atoms with Gasteiger partial charge in [-0.15, -0.1) is 0 Å². The van der Waals surface area contributed by atoms with Gasteiger partial charge in [0, 0.05) is 52.0 Å². The SMILES string of the molecule is COCCCCCC(=O)N1CCCN(C(=O)c2cc(C)nc(C)n2)CC1. The van der Waals surface area contributed by atoms with Crippen LogP contribution >= 0.6 is 0 Å². The number of amides is 2. The van der Waals surface area contributed by atoms with Gasteiger partial charge in [0.05, 0.1) is 0 Å². The molecule has 1 aromatic heterocycles. The first-order valence-corrected chi connectivity index (χ1v) is 9.39. The molecule has 0 aromatic carbocycles. The average Bonchev–Trinajstić information content (AvgIpc) is 2.86. The quantitative estimate of drug-likeness (QED) is 0.693. The number of nitrogens with zero attached hydrogens (tertiary/aromatic N) is 4. The van der Waals surface area contributed by atoms with E-state index in [-0.39, 0.29) is 11.8 Å². The molecule has 26 heavy (non-hydrogen) atoms. The van der Waals surface area contributed by atoms with E-state index in [9.17, 15) is 9.59 Å². The first kappa shape index (κ1) is 20.3. The maximum absolute atomic E-state index is 12.7. The number of aromatic nitrogens is 2. The minimum absolute atomic E-state index is 0.0764. The zero-order chi connectivity index (χ0) is 18.9. The number of hydrogen-bond donors (Lipinski definition) is 0. The molecule has 1 aliphatic heterocycles. The normalized spacial score (nSPS) is 15.0. The van der Waals surface area contributed by atoms with Crippen molar-refractivity contribution in [3.8, 4) is 0 Å². The minimum Gasteiger partial charge on any atom is -0.385 e. The maximum atomic E-state index is 12.7. The predicted octanol–water partition coefficient (Wildman–Crippen LogP) is 1.97. The molecule has 1 saturated heterocycles. The Morgan fingerprint density at radius 1 is 1.04 bits per heavy atom. The van der Waals surface area contributed by atoms with Gasteiger partial charge in [-0.3, -0.25) is 9.59 Å². The summed E-state index contributed by atoms with van der Waals surface area (Å²) in [6.45, 7) is 6.90. The monoisotopic (exact) mass is 362 g/mol. The second-order valence-corrected chi connectivity index (χ2v) is 6.77. The van der Waals surface area contributed by atoms with Crippen LogP contribution in [0.2, 0.25) is 0 Å². The summed E-state index contributed by atoms with van der Waals surface area (Å²) in [5.41, 5.74) is 1.23. The van der Waals surface area contributed by atoms with E-state index in [1.807, 2.05) is 11.8 Å². The van der Waals surface area contributed by atoms with Crippen molar-refractivity contribution in [1.82, 2.24) is 19.8 Å². The molecule has 0 atom stereocenters. The molecule has 0 spiro atoms. The highest BCUT2D eigenvalue weighted by Crippen LogP contribution is 2.11. The molecule has 2 heterocycles. The van der Waals surface area contributed by atoms with Gasteiger partial charge in [-0.1, -0.05) is 6.42 Å². The van der Waals surface area contributed by atoms with E-state index in [1.165, 1.54) is 0 Å². The minimum atomic E-state index is -0.0764. The van der Waals surface area contributed by atoms with E-state index in [0.29, 0.717) is 44.1 Å². The van der Waals surface area contributed by atoms with Gasteiger partial charge in [-0.25, -0.2) is 9.97 Å². The van der Waals surface area contributed by atoms with E-state index in [1.54, 1.807) is 25.0 Å². The van der Waals surface area contributed by atoms with Gasteiger partial charge >= 0.3 is 0 Å². The molecule has 0 N–H and O–H groups in total. The van der Waals surface area contributed by atoms with Crippen LogP contribution in [0.25, 0.3) is 0 Å². The summed E-state index contributed by atoms with van der Waals surface area (Å²) >= 11 is 0. The van der Waals surface area contributed by atoms with Gasteiger partial charge < -0.3 is 14.5 Å². The lowest BCUT2D eigenvalue weighted by Crippen LogP contribution is -2.37. The van der Waals surface area contributed by atoms with Crippen LogP contribution in [-0.4, -0.2) is 71.5 Å². The smallest absolute Gasteiger partial charge is 0.272 e. The summed E-state index contributed by atoms with van der Waals surface area (Å²) < 4.78 is 5.03. The Kier molecular flexibility index (Phi) is 7.97. The molecule has 7 nitrogen and oxygen atoms in total. The fourth-order valence-electron chi connectivity index (χ4n) is 3.22. The van der Waals surface area contributed by atoms with Crippen molar-refractivity contribution < 1.29 is 14.3 Å². The van der Waals surface area contributed by atoms with Gasteiger partial charge in [0.2, 0.25) is 5.91 Å². The number of carbonyl (C=O) groups excluding carboxylic acids is 2. The highest BCUT2D eigenvalue weighted by molar-refractivity contribution is 5.92. The van der Waals surface area contributed by atoms with Gasteiger partial charge in [0.1, 0.15) is 11.5 Å². The summed E-state index contributed by atoms with van der Waals surface area (Å²) in [6, 6.07) is 1.73. The van der Waals surface area contributed by atoms with E-state index in [0.717, 1.165) is 38.0 Å².